The van der Waals surface area contributed by atoms with E-state index in [0.29, 0.717) is 12.0 Å². The van der Waals surface area contributed by atoms with Gasteiger partial charge in [0, 0.05) is 17.6 Å². The lowest BCUT2D eigenvalue weighted by Gasteiger charge is -2.16. The van der Waals surface area contributed by atoms with Crippen molar-refractivity contribution in [2.45, 2.75) is 45.0 Å². The molecule has 3 aromatic carbocycles. The van der Waals surface area contributed by atoms with E-state index in [2.05, 4.69) is 45.7 Å². The summed E-state index contributed by atoms with van der Waals surface area (Å²) in [5.74, 6) is 0.276. The number of aliphatic hydroxyl groups excluding tert-OH is 1. The maximum atomic E-state index is 13.2. The van der Waals surface area contributed by atoms with Gasteiger partial charge in [0.25, 0.3) is 0 Å². The van der Waals surface area contributed by atoms with Crippen LogP contribution in [0.1, 0.15) is 48.7 Å². The molecule has 33 heavy (non-hydrogen) atoms. The fraction of sp³-hybridized carbons (Fsp3) is 0.259. The van der Waals surface area contributed by atoms with Crippen LogP contribution < -0.4 is 10.6 Å². The summed E-state index contributed by atoms with van der Waals surface area (Å²) in [6.45, 7) is 4.07. The van der Waals surface area contributed by atoms with Crippen molar-refractivity contribution in [1.82, 2.24) is 15.3 Å². The molecule has 4 aromatic rings. The summed E-state index contributed by atoms with van der Waals surface area (Å²) in [7, 11) is 0. The Bertz CT molecular complexity index is 1290. The zero-order valence-electron chi connectivity index (χ0n) is 18.7. The highest BCUT2D eigenvalue weighted by atomic mass is 19.1. The normalized spacial score (nSPS) is 15.4. The van der Waals surface area contributed by atoms with Gasteiger partial charge in [0.05, 0.1) is 11.6 Å². The number of aliphatic hydroxyl groups is 1. The second-order valence-corrected chi connectivity index (χ2v) is 8.80. The molecule has 1 saturated carbocycles. The van der Waals surface area contributed by atoms with Gasteiger partial charge in [0.1, 0.15) is 12.0 Å². The smallest absolute Gasteiger partial charge is 0.223 e. The number of rotatable bonds is 7. The Hall–Kier alpha value is -3.35. The second kappa shape index (κ2) is 8.89. The van der Waals surface area contributed by atoms with E-state index < -0.39 is 6.23 Å². The summed E-state index contributed by atoms with van der Waals surface area (Å²) in [4.78, 5) is 9.14. The number of halogens is 1. The van der Waals surface area contributed by atoms with Crippen LogP contribution >= 0.6 is 0 Å². The highest BCUT2D eigenvalue weighted by Gasteiger charge is 2.24. The van der Waals surface area contributed by atoms with Crippen molar-refractivity contribution in [3.8, 4) is 11.1 Å². The number of nitrogens with zero attached hydrogens (tertiary/aromatic N) is 2. The Morgan fingerprint density at radius 3 is 2.52 bits per heavy atom. The van der Waals surface area contributed by atoms with Crippen molar-refractivity contribution in [1.29, 1.82) is 0 Å². The van der Waals surface area contributed by atoms with Gasteiger partial charge in [-0.15, -0.1) is 0 Å². The van der Waals surface area contributed by atoms with Crippen molar-refractivity contribution in [2.75, 3.05) is 5.32 Å². The third kappa shape index (κ3) is 4.87. The topological polar surface area (TPSA) is 70.1 Å². The fourth-order valence-electron chi connectivity index (χ4n) is 3.99. The molecule has 0 saturated heterocycles. The lowest BCUT2D eigenvalue weighted by Crippen LogP contribution is -2.22. The number of anilines is 1. The Labute approximate surface area is 192 Å². The molecule has 168 valence electrons. The maximum Gasteiger partial charge on any atom is 0.223 e. The van der Waals surface area contributed by atoms with Gasteiger partial charge in [-0.3, -0.25) is 5.32 Å². The highest BCUT2D eigenvalue weighted by Crippen LogP contribution is 2.30. The monoisotopic (exact) mass is 442 g/mol. The van der Waals surface area contributed by atoms with Crippen LogP contribution in [0.3, 0.4) is 0 Å². The number of aryl methyl sites for hydroxylation is 1. The number of nitrogens with one attached hydrogen (secondary N) is 2. The Morgan fingerprint density at radius 1 is 1.00 bits per heavy atom. The summed E-state index contributed by atoms with van der Waals surface area (Å²) >= 11 is 0. The van der Waals surface area contributed by atoms with Crippen molar-refractivity contribution >= 4 is 16.9 Å². The van der Waals surface area contributed by atoms with E-state index in [9.17, 15) is 9.50 Å². The summed E-state index contributed by atoms with van der Waals surface area (Å²) < 4.78 is 13.2. The zero-order valence-corrected chi connectivity index (χ0v) is 18.7. The molecular weight excluding hydrogens is 415 g/mol. The van der Waals surface area contributed by atoms with Crippen LogP contribution in [0.15, 0.2) is 66.9 Å². The number of hydrogen-bond donors (Lipinski definition) is 3. The third-order valence-corrected chi connectivity index (χ3v) is 6.15. The molecule has 1 unspecified atom stereocenters. The standard InChI is InChI=1S/C27H27FN4O/c1-16-3-4-20(26(33)31-23-10-11-23)14-24(16)19-7-12-25-21(13-19)15-29-27(32-25)30-17(2)18-5-8-22(28)9-6-18/h3-9,12-15,17,23,26,31,33H,10-11H2,1-2H3,(H,29,30,32)/t17-,26?/m0/s1. The summed E-state index contributed by atoms with van der Waals surface area (Å²) in [6, 6.07) is 19.0. The molecule has 5 rings (SSSR count). The van der Waals surface area contributed by atoms with E-state index in [1.165, 1.54) is 12.1 Å². The van der Waals surface area contributed by atoms with Gasteiger partial charge >= 0.3 is 0 Å². The average Bonchev–Trinajstić information content (AvgIpc) is 3.63. The minimum Gasteiger partial charge on any atom is -0.374 e. The van der Waals surface area contributed by atoms with Crippen molar-refractivity contribution in [3.63, 3.8) is 0 Å². The van der Waals surface area contributed by atoms with Crippen LogP contribution in [-0.2, 0) is 0 Å². The molecule has 3 N–H and O–H groups in total. The van der Waals surface area contributed by atoms with Crippen LogP contribution in [0, 0.1) is 12.7 Å². The molecule has 0 bridgehead atoms. The summed E-state index contributed by atoms with van der Waals surface area (Å²) in [5.41, 5.74) is 5.95. The van der Waals surface area contributed by atoms with Crippen LogP contribution in [0.4, 0.5) is 10.3 Å². The molecular formula is C27H27FN4O. The van der Waals surface area contributed by atoms with Gasteiger partial charge in [0.15, 0.2) is 0 Å². The van der Waals surface area contributed by atoms with E-state index in [1.807, 2.05) is 31.3 Å². The van der Waals surface area contributed by atoms with Gasteiger partial charge in [-0.2, -0.15) is 0 Å². The molecule has 0 aliphatic heterocycles. The van der Waals surface area contributed by atoms with Crippen molar-refractivity contribution in [2.24, 2.45) is 0 Å². The second-order valence-electron chi connectivity index (χ2n) is 8.80. The largest absolute Gasteiger partial charge is 0.374 e. The molecule has 2 atom stereocenters. The first-order valence-electron chi connectivity index (χ1n) is 11.3. The van der Waals surface area contributed by atoms with Crippen molar-refractivity contribution in [3.05, 3.63) is 89.4 Å². The third-order valence-electron chi connectivity index (χ3n) is 6.15. The lowest BCUT2D eigenvalue weighted by atomic mass is 9.96. The maximum absolute atomic E-state index is 13.2. The predicted octanol–water partition coefficient (Wildman–Crippen LogP) is 5.66. The van der Waals surface area contributed by atoms with Gasteiger partial charge in [-0.1, -0.05) is 30.3 Å². The highest BCUT2D eigenvalue weighted by molar-refractivity contribution is 5.85. The molecule has 1 heterocycles. The lowest BCUT2D eigenvalue weighted by molar-refractivity contribution is 0.137. The zero-order chi connectivity index (χ0) is 22.9. The van der Waals surface area contributed by atoms with Gasteiger partial charge < -0.3 is 10.4 Å². The Kier molecular flexibility index (Phi) is 5.79. The number of aromatic nitrogens is 2. The molecule has 0 spiro atoms. The van der Waals surface area contributed by atoms with Gasteiger partial charge in [0.2, 0.25) is 5.95 Å². The molecule has 0 amide bonds. The predicted molar refractivity (Wildman–Crippen MR) is 129 cm³/mol. The van der Waals surface area contributed by atoms with E-state index >= 15 is 0 Å². The molecule has 1 aromatic heterocycles. The SMILES string of the molecule is Cc1ccc(C(O)NC2CC2)cc1-c1ccc2nc(N[C@@H](C)c3ccc(F)cc3)ncc2c1. The van der Waals surface area contributed by atoms with E-state index in [-0.39, 0.29) is 11.9 Å². The number of hydrogen-bond acceptors (Lipinski definition) is 5. The first-order chi connectivity index (χ1) is 16.0. The summed E-state index contributed by atoms with van der Waals surface area (Å²) in [5, 5.41) is 18.0. The quantitative estimate of drug-likeness (QED) is 0.322. The molecule has 6 heteroatoms. The minimum absolute atomic E-state index is 0.0524. The fourth-order valence-corrected chi connectivity index (χ4v) is 3.99. The van der Waals surface area contributed by atoms with Crippen molar-refractivity contribution < 1.29 is 9.50 Å². The molecule has 1 aliphatic rings. The van der Waals surface area contributed by atoms with Crippen LogP contribution in [0.2, 0.25) is 0 Å². The molecule has 0 radical (unpaired) electrons. The van der Waals surface area contributed by atoms with Crippen LogP contribution in [-0.4, -0.2) is 21.1 Å². The molecule has 5 nitrogen and oxygen atoms in total. The Morgan fingerprint density at radius 2 is 1.76 bits per heavy atom. The van der Waals surface area contributed by atoms with E-state index in [1.54, 1.807) is 12.1 Å². The van der Waals surface area contributed by atoms with E-state index in [0.717, 1.165) is 51.6 Å². The summed E-state index contributed by atoms with van der Waals surface area (Å²) in [6.07, 6.45) is 3.41. The van der Waals surface area contributed by atoms with Crippen LogP contribution in [0.5, 0.6) is 0 Å². The number of fused-ring (bicyclic) bond motifs is 1. The van der Waals surface area contributed by atoms with E-state index in [4.69, 9.17) is 0 Å². The van der Waals surface area contributed by atoms with Gasteiger partial charge in [-0.05, 0) is 84.8 Å². The van der Waals surface area contributed by atoms with Gasteiger partial charge in [-0.25, -0.2) is 14.4 Å². The minimum atomic E-state index is -0.655. The molecule has 1 fully saturated rings. The molecule has 1 aliphatic carbocycles. The first-order valence-corrected chi connectivity index (χ1v) is 11.3. The number of benzene rings is 3. The van der Waals surface area contributed by atoms with Crippen LogP contribution in [0.25, 0.3) is 22.0 Å². The first kappa shape index (κ1) is 21.5. The Balaban J connectivity index is 1.38. The average molecular weight is 443 g/mol.